The molecule has 1 rings (SSSR count). The number of aromatic carboxylic acids is 1. The Kier molecular flexibility index (Phi) is 4.84. The largest absolute Gasteiger partial charge is 0.477 e. The molecule has 0 spiro atoms. The van der Waals surface area contributed by atoms with Gasteiger partial charge in [0.05, 0.1) is 0 Å². The number of carbonyl (C=O) groups is 1. The number of aryl methyl sites for hydroxylation is 1. The Labute approximate surface area is 110 Å². The minimum Gasteiger partial charge on any atom is -0.477 e. The summed E-state index contributed by atoms with van der Waals surface area (Å²) in [5.74, 6) is -1.07. The summed E-state index contributed by atoms with van der Waals surface area (Å²) in [6.45, 7) is 0.292. The SMILES string of the molecule is O=C(O)c1cc(I)cn1CCCCC(F)(F)F. The van der Waals surface area contributed by atoms with Crippen LogP contribution in [-0.4, -0.2) is 21.8 Å². The van der Waals surface area contributed by atoms with Gasteiger partial charge in [-0.2, -0.15) is 13.2 Å². The summed E-state index contributed by atoms with van der Waals surface area (Å²) < 4.78 is 37.9. The van der Waals surface area contributed by atoms with Gasteiger partial charge in [0.25, 0.3) is 0 Å². The van der Waals surface area contributed by atoms with Crippen LogP contribution in [0.3, 0.4) is 0 Å². The summed E-state index contributed by atoms with van der Waals surface area (Å²) in [7, 11) is 0. The van der Waals surface area contributed by atoms with Gasteiger partial charge in [-0.05, 0) is 41.5 Å². The average Bonchev–Trinajstić information content (AvgIpc) is 2.53. The van der Waals surface area contributed by atoms with E-state index in [1.165, 1.54) is 10.6 Å². The summed E-state index contributed by atoms with van der Waals surface area (Å²) in [5, 5.41) is 8.86. The maximum Gasteiger partial charge on any atom is 0.389 e. The van der Waals surface area contributed by atoms with Gasteiger partial charge in [-0.1, -0.05) is 0 Å². The number of hydrogen-bond acceptors (Lipinski definition) is 1. The van der Waals surface area contributed by atoms with Crippen LogP contribution in [0, 0.1) is 3.57 Å². The van der Waals surface area contributed by atoms with Crippen molar-refractivity contribution in [3.8, 4) is 0 Å². The highest BCUT2D eigenvalue weighted by molar-refractivity contribution is 14.1. The summed E-state index contributed by atoms with van der Waals surface area (Å²) in [5.41, 5.74) is 0.112. The molecule has 0 bridgehead atoms. The summed E-state index contributed by atoms with van der Waals surface area (Å²) in [6, 6.07) is 1.49. The zero-order valence-electron chi connectivity index (χ0n) is 8.80. The number of carboxylic acids is 1. The molecule has 1 heterocycles. The van der Waals surface area contributed by atoms with Crippen LogP contribution in [0.1, 0.15) is 29.8 Å². The molecule has 0 saturated heterocycles. The lowest BCUT2D eigenvalue weighted by atomic mass is 10.2. The first-order valence-corrected chi connectivity index (χ1v) is 6.03. The fourth-order valence-corrected chi connectivity index (χ4v) is 2.08. The van der Waals surface area contributed by atoms with Crippen molar-refractivity contribution >= 4 is 28.6 Å². The topological polar surface area (TPSA) is 42.2 Å². The first-order chi connectivity index (χ1) is 7.79. The first-order valence-electron chi connectivity index (χ1n) is 4.95. The lowest BCUT2D eigenvalue weighted by Gasteiger charge is -2.07. The van der Waals surface area contributed by atoms with Gasteiger partial charge >= 0.3 is 12.1 Å². The maximum atomic E-state index is 11.9. The van der Waals surface area contributed by atoms with Crippen molar-refractivity contribution in [2.45, 2.75) is 32.0 Å². The zero-order chi connectivity index (χ0) is 13.1. The van der Waals surface area contributed by atoms with Gasteiger partial charge in [0, 0.05) is 22.7 Å². The standard InChI is InChI=1S/C10H11F3INO2/c11-10(12,13)3-1-2-4-15-6-7(14)5-8(15)9(16)17/h5-6H,1-4H2,(H,16,17). The smallest absolute Gasteiger partial charge is 0.389 e. The number of halogens is 4. The second-order valence-electron chi connectivity index (χ2n) is 3.61. The predicted octanol–water partition coefficient (Wildman–Crippen LogP) is 3.52. The van der Waals surface area contributed by atoms with Crippen molar-refractivity contribution in [2.24, 2.45) is 0 Å². The Morgan fingerprint density at radius 3 is 2.59 bits per heavy atom. The Hall–Kier alpha value is -0.730. The van der Waals surface area contributed by atoms with E-state index in [-0.39, 0.29) is 12.1 Å². The third-order valence-electron chi connectivity index (χ3n) is 2.19. The maximum absolute atomic E-state index is 11.9. The van der Waals surface area contributed by atoms with Crippen LogP contribution >= 0.6 is 22.6 Å². The van der Waals surface area contributed by atoms with Crippen LogP contribution in [0.15, 0.2) is 12.3 Å². The van der Waals surface area contributed by atoms with Gasteiger partial charge in [0.15, 0.2) is 0 Å². The highest BCUT2D eigenvalue weighted by atomic mass is 127. The van der Waals surface area contributed by atoms with E-state index in [0.29, 0.717) is 13.0 Å². The molecular formula is C10H11F3INO2. The summed E-state index contributed by atoms with van der Waals surface area (Å²) in [4.78, 5) is 10.8. The highest BCUT2D eigenvalue weighted by Gasteiger charge is 2.25. The quantitative estimate of drug-likeness (QED) is 0.644. The number of nitrogens with zero attached hydrogens (tertiary/aromatic N) is 1. The van der Waals surface area contributed by atoms with Crippen molar-refractivity contribution in [3.63, 3.8) is 0 Å². The molecule has 0 aliphatic heterocycles. The molecule has 0 aliphatic carbocycles. The molecular weight excluding hydrogens is 350 g/mol. The molecule has 0 radical (unpaired) electrons. The lowest BCUT2D eigenvalue weighted by molar-refractivity contribution is -0.135. The van der Waals surface area contributed by atoms with E-state index in [1.54, 1.807) is 6.20 Å². The van der Waals surface area contributed by atoms with E-state index in [2.05, 4.69) is 0 Å². The lowest BCUT2D eigenvalue weighted by Crippen LogP contribution is -2.10. The Morgan fingerprint density at radius 1 is 1.41 bits per heavy atom. The normalized spacial score (nSPS) is 11.8. The van der Waals surface area contributed by atoms with E-state index in [0.717, 1.165) is 3.57 Å². The van der Waals surface area contributed by atoms with Crippen molar-refractivity contribution in [1.29, 1.82) is 0 Å². The number of rotatable bonds is 5. The highest BCUT2D eigenvalue weighted by Crippen LogP contribution is 2.22. The summed E-state index contributed by atoms with van der Waals surface area (Å²) >= 11 is 1.97. The van der Waals surface area contributed by atoms with E-state index >= 15 is 0 Å². The minimum atomic E-state index is -4.14. The molecule has 96 valence electrons. The van der Waals surface area contributed by atoms with Crippen LogP contribution < -0.4 is 0 Å². The third kappa shape index (κ3) is 4.97. The minimum absolute atomic E-state index is 0.0112. The Bertz CT molecular complexity index is 401. The van der Waals surface area contributed by atoms with Crippen molar-refractivity contribution in [1.82, 2.24) is 4.57 Å². The third-order valence-corrected chi connectivity index (χ3v) is 2.78. The predicted molar refractivity (Wildman–Crippen MR) is 64.0 cm³/mol. The van der Waals surface area contributed by atoms with Gasteiger partial charge < -0.3 is 9.67 Å². The monoisotopic (exact) mass is 361 g/mol. The molecule has 0 aromatic carbocycles. The van der Waals surface area contributed by atoms with Gasteiger partial charge in [-0.3, -0.25) is 0 Å². The Balaban J connectivity index is 2.49. The van der Waals surface area contributed by atoms with Crippen LogP contribution in [0.25, 0.3) is 0 Å². The number of alkyl halides is 3. The number of carboxylic acid groups (broad SMARTS) is 1. The van der Waals surface area contributed by atoms with Crippen molar-refractivity contribution in [3.05, 3.63) is 21.5 Å². The second-order valence-corrected chi connectivity index (χ2v) is 4.86. The van der Waals surface area contributed by atoms with Crippen molar-refractivity contribution < 1.29 is 23.1 Å². The zero-order valence-corrected chi connectivity index (χ0v) is 11.0. The number of unbranched alkanes of at least 4 members (excludes halogenated alkanes) is 1. The van der Waals surface area contributed by atoms with E-state index in [1.807, 2.05) is 22.6 Å². The first kappa shape index (κ1) is 14.3. The van der Waals surface area contributed by atoms with Gasteiger partial charge in [0.2, 0.25) is 0 Å². The van der Waals surface area contributed by atoms with E-state index in [4.69, 9.17) is 5.11 Å². The molecule has 0 aliphatic rings. The van der Waals surface area contributed by atoms with E-state index < -0.39 is 18.6 Å². The molecule has 0 saturated carbocycles. The molecule has 17 heavy (non-hydrogen) atoms. The van der Waals surface area contributed by atoms with Gasteiger partial charge in [-0.15, -0.1) is 0 Å². The van der Waals surface area contributed by atoms with E-state index in [9.17, 15) is 18.0 Å². The fraction of sp³-hybridized carbons (Fsp3) is 0.500. The molecule has 0 amide bonds. The van der Waals surface area contributed by atoms with Crippen LogP contribution in [0.4, 0.5) is 13.2 Å². The van der Waals surface area contributed by atoms with Gasteiger partial charge in [-0.25, -0.2) is 4.79 Å². The number of hydrogen-bond donors (Lipinski definition) is 1. The molecule has 1 N–H and O–H groups in total. The Morgan fingerprint density at radius 2 is 2.06 bits per heavy atom. The molecule has 1 aromatic rings. The molecule has 3 nitrogen and oxygen atoms in total. The second kappa shape index (κ2) is 5.74. The average molecular weight is 361 g/mol. The van der Waals surface area contributed by atoms with Crippen molar-refractivity contribution in [2.75, 3.05) is 0 Å². The number of aromatic nitrogens is 1. The molecule has 0 fully saturated rings. The van der Waals surface area contributed by atoms with Gasteiger partial charge in [0.1, 0.15) is 5.69 Å². The fourth-order valence-electron chi connectivity index (χ4n) is 1.45. The molecule has 0 unspecified atom stereocenters. The van der Waals surface area contributed by atoms with Crippen LogP contribution in [-0.2, 0) is 6.54 Å². The molecule has 1 aromatic heterocycles. The van der Waals surface area contributed by atoms with Crippen LogP contribution in [0.5, 0.6) is 0 Å². The van der Waals surface area contributed by atoms with Crippen LogP contribution in [0.2, 0.25) is 0 Å². The molecule has 7 heteroatoms. The molecule has 0 atom stereocenters. The summed E-state index contributed by atoms with van der Waals surface area (Å²) in [6.07, 6.45) is -3.02.